The topological polar surface area (TPSA) is 70.7 Å². The highest BCUT2D eigenvalue weighted by atomic mass is 79.9. The molecule has 1 unspecified atom stereocenters. The van der Waals surface area contributed by atoms with Crippen LogP contribution in [0.2, 0.25) is 0 Å². The van der Waals surface area contributed by atoms with Crippen LogP contribution in [-0.4, -0.2) is 26.1 Å². The molecular formula is C6H9BrN4O. The molecule has 1 amide bonds. The summed E-state index contributed by atoms with van der Waals surface area (Å²) in [5.74, 6) is -0.0574. The summed E-state index contributed by atoms with van der Waals surface area (Å²) < 4.78 is 0. The van der Waals surface area contributed by atoms with Gasteiger partial charge in [0.1, 0.15) is 5.69 Å². The third-order valence-electron chi connectivity index (χ3n) is 1.27. The maximum atomic E-state index is 11.0. The van der Waals surface area contributed by atoms with Crippen molar-refractivity contribution in [2.24, 2.45) is 0 Å². The van der Waals surface area contributed by atoms with Crippen molar-refractivity contribution >= 4 is 21.8 Å². The molecule has 1 aromatic heterocycles. The van der Waals surface area contributed by atoms with Crippen molar-refractivity contribution in [3.8, 4) is 0 Å². The number of carbonyl (C=O) groups is 1. The number of carbonyl (C=O) groups excluding carboxylic acids is 1. The number of aromatic nitrogens is 3. The predicted octanol–water partition coefficient (Wildman–Crippen LogP) is 0.204. The van der Waals surface area contributed by atoms with Crippen LogP contribution in [0.1, 0.15) is 12.6 Å². The lowest BCUT2D eigenvalue weighted by atomic mass is 10.4. The fraction of sp³-hybridized carbons (Fsp3) is 0.500. The molecule has 66 valence electrons. The second-order valence-electron chi connectivity index (χ2n) is 2.30. The van der Waals surface area contributed by atoms with Gasteiger partial charge in [-0.15, -0.1) is 0 Å². The Morgan fingerprint density at radius 1 is 1.92 bits per heavy atom. The van der Waals surface area contributed by atoms with Gasteiger partial charge >= 0.3 is 0 Å². The highest BCUT2D eigenvalue weighted by Crippen LogP contribution is 1.97. The molecule has 0 aliphatic heterocycles. The number of alkyl halides is 1. The average molecular weight is 233 g/mol. The van der Waals surface area contributed by atoms with E-state index in [-0.39, 0.29) is 10.7 Å². The number of nitrogens with zero attached hydrogens (tertiary/aromatic N) is 2. The zero-order valence-corrected chi connectivity index (χ0v) is 8.13. The van der Waals surface area contributed by atoms with Crippen molar-refractivity contribution in [1.29, 1.82) is 0 Å². The number of rotatable bonds is 3. The van der Waals surface area contributed by atoms with E-state index < -0.39 is 0 Å². The van der Waals surface area contributed by atoms with Gasteiger partial charge in [-0.1, -0.05) is 15.9 Å². The van der Waals surface area contributed by atoms with Crippen molar-refractivity contribution in [3.05, 3.63) is 11.9 Å². The highest BCUT2D eigenvalue weighted by Gasteiger charge is 2.07. The summed E-state index contributed by atoms with van der Waals surface area (Å²) in [6.45, 7) is 2.17. The fourth-order valence-electron chi connectivity index (χ4n) is 0.629. The Bertz CT molecular complexity index is 246. The molecule has 0 radical (unpaired) electrons. The second-order valence-corrected chi connectivity index (χ2v) is 3.67. The van der Waals surface area contributed by atoms with E-state index in [0.29, 0.717) is 6.54 Å². The fourth-order valence-corrected chi connectivity index (χ4v) is 0.791. The van der Waals surface area contributed by atoms with Gasteiger partial charge in [-0.3, -0.25) is 4.79 Å². The Morgan fingerprint density at radius 2 is 2.67 bits per heavy atom. The second kappa shape index (κ2) is 4.20. The van der Waals surface area contributed by atoms with Crippen molar-refractivity contribution in [3.63, 3.8) is 0 Å². The van der Waals surface area contributed by atoms with Crippen LogP contribution in [0.25, 0.3) is 0 Å². The van der Waals surface area contributed by atoms with Crippen molar-refractivity contribution in [2.45, 2.75) is 18.3 Å². The van der Waals surface area contributed by atoms with Gasteiger partial charge in [0, 0.05) is 0 Å². The third-order valence-corrected chi connectivity index (χ3v) is 1.69. The summed E-state index contributed by atoms with van der Waals surface area (Å²) in [7, 11) is 0. The molecule has 0 fully saturated rings. The Morgan fingerprint density at radius 3 is 3.17 bits per heavy atom. The first-order chi connectivity index (χ1) is 5.70. The molecule has 1 atom stereocenters. The molecule has 0 spiro atoms. The van der Waals surface area contributed by atoms with Crippen LogP contribution in [0.4, 0.5) is 0 Å². The Hall–Kier alpha value is -0.910. The lowest BCUT2D eigenvalue weighted by Crippen LogP contribution is -2.28. The molecule has 0 saturated carbocycles. The monoisotopic (exact) mass is 232 g/mol. The van der Waals surface area contributed by atoms with Crippen LogP contribution >= 0.6 is 15.9 Å². The number of halogens is 1. The summed E-state index contributed by atoms with van der Waals surface area (Å²) in [6.07, 6.45) is 1.57. The number of hydrogen-bond acceptors (Lipinski definition) is 3. The average Bonchev–Trinajstić information content (AvgIpc) is 2.51. The lowest BCUT2D eigenvalue weighted by molar-refractivity contribution is -0.120. The Kier molecular flexibility index (Phi) is 3.21. The van der Waals surface area contributed by atoms with Crippen LogP contribution < -0.4 is 5.32 Å². The van der Waals surface area contributed by atoms with E-state index in [1.54, 1.807) is 13.1 Å². The van der Waals surface area contributed by atoms with E-state index in [1.807, 2.05) is 0 Å². The number of H-pyrrole nitrogens is 1. The first-order valence-electron chi connectivity index (χ1n) is 3.46. The van der Waals surface area contributed by atoms with Crippen molar-refractivity contribution < 1.29 is 4.79 Å². The van der Waals surface area contributed by atoms with E-state index in [9.17, 15) is 4.79 Å². The number of aromatic amines is 1. The first-order valence-corrected chi connectivity index (χ1v) is 4.38. The normalized spacial score (nSPS) is 12.5. The minimum atomic E-state index is -0.176. The molecule has 1 aromatic rings. The van der Waals surface area contributed by atoms with Gasteiger partial charge in [0.2, 0.25) is 5.91 Å². The number of hydrogen-bond donors (Lipinski definition) is 2. The molecule has 0 bridgehead atoms. The summed E-state index contributed by atoms with van der Waals surface area (Å²) in [4.78, 5) is 10.8. The van der Waals surface area contributed by atoms with Crippen LogP contribution in [0, 0.1) is 0 Å². The minimum absolute atomic E-state index is 0.0574. The van der Waals surface area contributed by atoms with Crippen LogP contribution in [-0.2, 0) is 11.3 Å². The van der Waals surface area contributed by atoms with Gasteiger partial charge < -0.3 is 5.32 Å². The largest absolute Gasteiger partial charge is 0.349 e. The predicted molar refractivity (Wildman–Crippen MR) is 46.6 cm³/mol. The van der Waals surface area contributed by atoms with E-state index >= 15 is 0 Å². The summed E-state index contributed by atoms with van der Waals surface area (Å²) >= 11 is 3.15. The quantitative estimate of drug-likeness (QED) is 0.733. The standard InChI is InChI=1S/C6H9BrN4O/c1-4(7)6(12)8-2-5-3-9-11-10-5/h3-4H,2H2,1H3,(H,8,12)(H,9,10,11). The zero-order chi connectivity index (χ0) is 8.97. The van der Waals surface area contributed by atoms with Gasteiger partial charge in [0.15, 0.2) is 0 Å². The van der Waals surface area contributed by atoms with E-state index in [0.717, 1.165) is 5.69 Å². The smallest absolute Gasteiger partial charge is 0.233 e. The van der Waals surface area contributed by atoms with E-state index in [2.05, 4.69) is 36.7 Å². The SMILES string of the molecule is CC(Br)C(=O)NCc1cn[nH]n1. The minimum Gasteiger partial charge on any atom is -0.349 e. The van der Waals surface area contributed by atoms with Gasteiger partial charge in [0.05, 0.1) is 17.6 Å². The molecule has 6 heteroatoms. The molecule has 1 heterocycles. The highest BCUT2D eigenvalue weighted by molar-refractivity contribution is 9.10. The summed E-state index contributed by atoms with van der Waals surface area (Å²) in [5.41, 5.74) is 0.719. The van der Waals surface area contributed by atoms with Crippen LogP contribution in [0.3, 0.4) is 0 Å². The number of amides is 1. The molecule has 2 N–H and O–H groups in total. The van der Waals surface area contributed by atoms with Crippen molar-refractivity contribution in [2.75, 3.05) is 0 Å². The Labute approximate surface area is 78.1 Å². The van der Waals surface area contributed by atoms with E-state index in [1.165, 1.54) is 0 Å². The van der Waals surface area contributed by atoms with Gasteiger partial charge in [-0.25, -0.2) is 0 Å². The van der Waals surface area contributed by atoms with Crippen LogP contribution in [0.5, 0.6) is 0 Å². The van der Waals surface area contributed by atoms with E-state index in [4.69, 9.17) is 0 Å². The van der Waals surface area contributed by atoms with Crippen LogP contribution in [0.15, 0.2) is 6.20 Å². The zero-order valence-electron chi connectivity index (χ0n) is 6.54. The molecule has 5 nitrogen and oxygen atoms in total. The van der Waals surface area contributed by atoms with Crippen molar-refractivity contribution in [1.82, 2.24) is 20.7 Å². The molecule has 12 heavy (non-hydrogen) atoms. The van der Waals surface area contributed by atoms with Gasteiger partial charge in [-0.2, -0.15) is 15.4 Å². The molecular weight excluding hydrogens is 224 g/mol. The molecule has 0 saturated heterocycles. The van der Waals surface area contributed by atoms with Gasteiger partial charge in [-0.05, 0) is 6.92 Å². The number of nitrogens with one attached hydrogen (secondary N) is 2. The molecule has 1 rings (SSSR count). The third kappa shape index (κ3) is 2.61. The summed E-state index contributed by atoms with van der Waals surface area (Å²) in [6, 6.07) is 0. The lowest BCUT2D eigenvalue weighted by Gasteiger charge is -2.03. The molecule has 0 aliphatic carbocycles. The first kappa shape index (κ1) is 9.18. The Balaban J connectivity index is 2.32. The molecule has 0 aliphatic rings. The summed E-state index contributed by atoms with van der Waals surface area (Å²) in [5, 5.41) is 12.5. The molecule has 0 aromatic carbocycles. The maximum Gasteiger partial charge on any atom is 0.233 e. The van der Waals surface area contributed by atoms with Gasteiger partial charge in [0.25, 0.3) is 0 Å². The maximum absolute atomic E-state index is 11.0.